The molecule has 2 heterocycles. The van der Waals surface area contributed by atoms with Crippen LogP contribution in [0.1, 0.15) is 56.1 Å². The Bertz CT molecular complexity index is 1560. The van der Waals surface area contributed by atoms with Crippen molar-refractivity contribution in [2.75, 3.05) is 6.54 Å². The number of hydrogen-bond donors (Lipinski definition) is 7. The van der Waals surface area contributed by atoms with Crippen LogP contribution in [0.25, 0.3) is 10.9 Å². The SMILES string of the molecule is CC(C)(C)NC(=O)[C@@H]1CCCN1C(=O)C(O)[C@H](Cc1ccccc1)NC(=O)[C@H](CC(N)=O)NC(=O)c1cc2cc(O)ccc2[nH]1. The summed E-state index contributed by atoms with van der Waals surface area (Å²) in [6.45, 7) is 5.75. The van der Waals surface area contributed by atoms with Gasteiger partial charge in [-0.3, -0.25) is 24.0 Å². The van der Waals surface area contributed by atoms with Crippen LogP contribution in [0.15, 0.2) is 54.6 Å². The molecule has 1 unspecified atom stereocenters. The Kier molecular flexibility index (Phi) is 10.1. The average molecular weight is 621 g/mol. The molecule has 1 aromatic heterocycles. The molecule has 0 radical (unpaired) electrons. The van der Waals surface area contributed by atoms with E-state index in [0.717, 1.165) is 0 Å². The van der Waals surface area contributed by atoms with E-state index in [4.69, 9.17) is 5.73 Å². The Morgan fingerprint density at radius 1 is 1.04 bits per heavy atom. The summed E-state index contributed by atoms with van der Waals surface area (Å²) in [4.78, 5) is 69.4. The molecule has 0 spiro atoms. The van der Waals surface area contributed by atoms with Gasteiger partial charge < -0.3 is 41.8 Å². The topological polar surface area (TPSA) is 207 Å². The highest BCUT2D eigenvalue weighted by Gasteiger charge is 2.41. The van der Waals surface area contributed by atoms with Gasteiger partial charge in [-0.05, 0) is 69.9 Å². The lowest BCUT2D eigenvalue weighted by molar-refractivity contribution is -0.147. The third-order valence-corrected chi connectivity index (χ3v) is 7.47. The van der Waals surface area contributed by atoms with Gasteiger partial charge in [-0.15, -0.1) is 0 Å². The number of nitrogens with two attached hydrogens (primary N) is 1. The van der Waals surface area contributed by atoms with Gasteiger partial charge in [0.05, 0.1) is 12.5 Å². The monoisotopic (exact) mass is 620 g/mol. The molecular formula is C32H40N6O7. The Morgan fingerprint density at radius 3 is 2.42 bits per heavy atom. The number of benzene rings is 2. The van der Waals surface area contributed by atoms with Crippen LogP contribution in [0.2, 0.25) is 0 Å². The molecule has 2 aromatic carbocycles. The van der Waals surface area contributed by atoms with Gasteiger partial charge in [0.1, 0.15) is 23.5 Å². The fourth-order valence-electron chi connectivity index (χ4n) is 5.38. The van der Waals surface area contributed by atoms with Crippen molar-refractivity contribution in [2.45, 2.75) is 76.2 Å². The van der Waals surface area contributed by atoms with Gasteiger partial charge in [-0.1, -0.05) is 30.3 Å². The van der Waals surface area contributed by atoms with Crippen molar-refractivity contribution in [1.82, 2.24) is 25.8 Å². The number of amides is 5. The number of fused-ring (bicyclic) bond motifs is 1. The number of aromatic hydroxyl groups is 1. The van der Waals surface area contributed by atoms with Gasteiger partial charge >= 0.3 is 0 Å². The van der Waals surface area contributed by atoms with E-state index in [1.807, 2.05) is 20.8 Å². The summed E-state index contributed by atoms with van der Waals surface area (Å²) in [5.74, 6) is -3.47. The maximum absolute atomic E-state index is 13.6. The molecule has 1 saturated heterocycles. The van der Waals surface area contributed by atoms with Crippen molar-refractivity contribution >= 4 is 40.4 Å². The van der Waals surface area contributed by atoms with Crippen LogP contribution in [-0.2, 0) is 25.6 Å². The molecule has 45 heavy (non-hydrogen) atoms. The second-order valence-electron chi connectivity index (χ2n) is 12.3. The number of likely N-dealkylation sites (tertiary alicyclic amines) is 1. The van der Waals surface area contributed by atoms with Crippen molar-refractivity contribution in [3.8, 4) is 5.75 Å². The summed E-state index contributed by atoms with van der Waals surface area (Å²) < 4.78 is 0. The number of aliphatic hydroxyl groups is 1. The van der Waals surface area contributed by atoms with Crippen molar-refractivity contribution < 1.29 is 34.2 Å². The second-order valence-corrected chi connectivity index (χ2v) is 12.3. The molecule has 3 aromatic rings. The maximum atomic E-state index is 13.6. The summed E-state index contributed by atoms with van der Waals surface area (Å²) in [7, 11) is 0. The highest BCUT2D eigenvalue weighted by molar-refractivity contribution is 6.01. The lowest BCUT2D eigenvalue weighted by Gasteiger charge is -2.32. The third-order valence-electron chi connectivity index (χ3n) is 7.47. The number of hydrogen-bond acceptors (Lipinski definition) is 7. The van der Waals surface area contributed by atoms with Crippen LogP contribution in [0.3, 0.4) is 0 Å². The van der Waals surface area contributed by atoms with E-state index in [1.54, 1.807) is 36.4 Å². The Morgan fingerprint density at radius 2 is 1.76 bits per heavy atom. The highest BCUT2D eigenvalue weighted by atomic mass is 16.3. The lowest BCUT2D eigenvalue weighted by Crippen LogP contribution is -2.59. The lowest BCUT2D eigenvalue weighted by atomic mass is 9.99. The highest BCUT2D eigenvalue weighted by Crippen LogP contribution is 2.22. The van der Waals surface area contributed by atoms with Gasteiger partial charge in [-0.2, -0.15) is 0 Å². The second kappa shape index (κ2) is 13.8. The van der Waals surface area contributed by atoms with Crippen LogP contribution < -0.4 is 21.7 Å². The number of carbonyl (C=O) groups is 5. The minimum Gasteiger partial charge on any atom is -0.508 e. The van der Waals surface area contributed by atoms with Crippen molar-refractivity contribution in [2.24, 2.45) is 5.73 Å². The normalized spacial score (nSPS) is 16.9. The molecule has 1 aliphatic heterocycles. The van der Waals surface area contributed by atoms with Crippen LogP contribution in [0.4, 0.5) is 0 Å². The molecule has 1 aliphatic rings. The Balaban J connectivity index is 1.55. The van der Waals surface area contributed by atoms with Crippen molar-refractivity contribution in [3.05, 3.63) is 65.9 Å². The molecule has 240 valence electrons. The zero-order valence-corrected chi connectivity index (χ0v) is 25.5. The van der Waals surface area contributed by atoms with Crippen molar-refractivity contribution in [1.29, 1.82) is 0 Å². The number of aromatic nitrogens is 1. The number of phenols is 1. The van der Waals surface area contributed by atoms with E-state index < -0.39 is 59.8 Å². The Labute approximate surface area is 260 Å². The molecule has 0 bridgehead atoms. The van der Waals surface area contributed by atoms with Gasteiger partial charge in [0.2, 0.25) is 17.7 Å². The molecule has 8 N–H and O–H groups in total. The van der Waals surface area contributed by atoms with Crippen LogP contribution in [0, 0.1) is 0 Å². The van der Waals surface area contributed by atoms with E-state index in [1.165, 1.54) is 23.1 Å². The number of nitrogens with zero attached hydrogens (tertiary/aromatic N) is 1. The fourth-order valence-corrected chi connectivity index (χ4v) is 5.38. The number of phenolic OH excluding ortho intramolecular Hbond substituents is 1. The molecule has 4 rings (SSSR count). The number of H-pyrrole nitrogens is 1. The van der Waals surface area contributed by atoms with Crippen LogP contribution in [-0.4, -0.2) is 85.9 Å². The first-order chi connectivity index (χ1) is 21.2. The fraction of sp³-hybridized carbons (Fsp3) is 0.406. The van der Waals surface area contributed by atoms with Crippen molar-refractivity contribution in [3.63, 3.8) is 0 Å². The quantitative estimate of drug-likeness (QED) is 0.164. The molecule has 5 amide bonds. The summed E-state index contributed by atoms with van der Waals surface area (Å²) >= 11 is 0. The van der Waals surface area contributed by atoms with Gasteiger partial charge in [0.25, 0.3) is 11.8 Å². The number of carbonyl (C=O) groups excluding carboxylic acids is 5. The number of primary amides is 1. The number of aliphatic hydroxyl groups excluding tert-OH is 1. The first-order valence-electron chi connectivity index (χ1n) is 14.8. The van der Waals surface area contributed by atoms with Gasteiger partial charge in [0, 0.05) is 23.0 Å². The zero-order chi connectivity index (χ0) is 32.9. The number of rotatable bonds is 11. The van der Waals surface area contributed by atoms with Crippen LogP contribution in [0.5, 0.6) is 5.75 Å². The average Bonchev–Trinajstić information content (AvgIpc) is 3.63. The molecular weight excluding hydrogens is 580 g/mol. The third kappa shape index (κ3) is 8.60. The Hall–Kier alpha value is -4.91. The first kappa shape index (κ1) is 33.0. The van der Waals surface area contributed by atoms with E-state index in [0.29, 0.717) is 29.3 Å². The molecule has 13 heteroatoms. The summed E-state index contributed by atoms with van der Waals surface area (Å²) in [5, 5.41) is 29.7. The summed E-state index contributed by atoms with van der Waals surface area (Å²) in [6.07, 6.45) is -1.27. The van der Waals surface area contributed by atoms with E-state index in [9.17, 15) is 34.2 Å². The largest absolute Gasteiger partial charge is 0.508 e. The van der Waals surface area contributed by atoms with E-state index in [-0.39, 0.29) is 30.3 Å². The molecule has 0 saturated carbocycles. The smallest absolute Gasteiger partial charge is 0.268 e. The predicted octanol–water partition coefficient (Wildman–Crippen LogP) is 0.841. The molecule has 0 aliphatic carbocycles. The minimum absolute atomic E-state index is 0.00656. The molecule has 13 nitrogen and oxygen atoms in total. The zero-order valence-electron chi connectivity index (χ0n) is 25.5. The summed E-state index contributed by atoms with van der Waals surface area (Å²) in [5.41, 5.74) is 6.22. The number of aromatic amines is 1. The summed E-state index contributed by atoms with van der Waals surface area (Å²) in [6, 6.07) is 11.4. The number of nitrogens with one attached hydrogen (secondary N) is 4. The van der Waals surface area contributed by atoms with E-state index in [2.05, 4.69) is 20.9 Å². The van der Waals surface area contributed by atoms with E-state index >= 15 is 0 Å². The molecule has 4 atom stereocenters. The standard InChI is InChI=1S/C32H40N6O7/c1-32(2,3)37-30(44)25-10-7-13-38(25)31(45)27(41)22(14-18-8-5-4-6-9-18)35-29(43)24(17-26(33)40)36-28(42)23-16-19-15-20(39)11-12-21(19)34-23/h4-6,8-9,11-12,15-16,22,24-25,27,34,39,41H,7,10,13-14,17H2,1-3H3,(H2,33,40)(H,35,43)(H,36,42)(H,37,44)/t22-,24-,25-,27?/m0/s1. The maximum Gasteiger partial charge on any atom is 0.268 e. The van der Waals surface area contributed by atoms with Gasteiger partial charge in [0.15, 0.2) is 6.10 Å². The van der Waals surface area contributed by atoms with Crippen LogP contribution >= 0.6 is 0 Å². The minimum atomic E-state index is -1.75. The van der Waals surface area contributed by atoms with Gasteiger partial charge in [-0.25, -0.2) is 0 Å². The molecule has 1 fully saturated rings. The first-order valence-corrected chi connectivity index (χ1v) is 14.8. The predicted molar refractivity (Wildman–Crippen MR) is 166 cm³/mol.